The first-order chi connectivity index (χ1) is 4.06. The number of hydrogen-bond acceptors (Lipinski definition) is 1. The molecule has 2 N–H and O–H groups in total. The summed E-state index contributed by atoms with van der Waals surface area (Å²) in [7, 11) is 0. The van der Waals surface area contributed by atoms with Gasteiger partial charge in [-0.2, -0.15) is 0 Å². The Kier molecular flexibility index (Phi) is 5.04. The minimum atomic E-state index is -1.94. The molecule has 0 heterocycles. The fourth-order valence-electron chi connectivity index (χ4n) is 0.831. The van der Waals surface area contributed by atoms with Crippen molar-refractivity contribution in [3.8, 4) is 0 Å². The fraction of sp³-hybridized carbons (Fsp3) is 1.00. The molecule has 2 heteroatoms. The van der Waals surface area contributed by atoms with Crippen molar-refractivity contribution < 1.29 is 20.3 Å². The fourth-order valence-corrected chi connectivity index (χ4v) is 5.00. The molecule has 0 fully saturated rings. The van der Waals surface area contributed by atoms with Gasteiger partial charge in [0, 0.05) is 0 Å². The number of hydrogen-bond donors (Lipinski definition) is 1. The van der Waals surface area contributed by atoms with E-state index in [1.54, 1.807) is 0 Å². The molecule has 1 nitrogen and oxygen atoms in total. The van der Waals surface area contributed by atoms with Crippen LogP contribution in [0.5, 0.6) is 0 Å². The Balaban J connectivity index is 3.07. The molecular weight excluding hydrogens is 277 g/mol. The van der Waals surface area contributed by atoms with Gasteiger partial charge < -0.3 is 0 Å². The molecule has 0 aliphatic carbocycles. The SMILES string of the molecule is CCCC[CH2][Hf]([CH3])([CH3])[NH2]. The molecule has 0 aliphatic rings. The molecule has 0 aliphatic heterocycles. The molecule has 0 radical (unpaired) electrons. The Labute approximate surface area is 63.7 Å². The van der Waals surface area contributed by atoms with Crippen molar-refractivity contribution >= 4 is 0 Å². The molecular formula is C7H19HfN. The monoisotopic (exact) mass is 297 g/mol. The predicted molar refractivity (Wildman–Crippen MR) is 40.2 cm³/mol. The van der Waals surface area contributed by atoms with Crippen molar-refractivity contribution in [3.63, 3.8) is 0 Å². The van der Waals surface area contributed by atoms with Crippen LogP contribution in [0.3, 0.4) is 0 Å². The summed E-state index contributed by atoms with van der Waals surface area (Å²) in [6.45, 7) is 2.24. The summed E-state index contributed by atoms with van der Waals surface area (Å²) in [6, 6.07) is 0. The van der Waals surface area contributed by atoms with E-state index in [1.807, 2.05) is 0 Å². The van der Waals surface area contributed by atoms with Crippen LogP contribution in [0, 0.1) is 0 Å². The maximum absolute atomic E-state index is 6.00. The van der Waals surface area contributed by atoms with Crippen LogP contribution in [0.1, 0.15) is 26.2 Å². The average molecular weight is 296 g/mol. The van der Waals surface area contributed by atoms with Crippen molar-refractivity contribution in [1.29, 1.82) is 0 Å². The van der Waals surface area contributed by atoms with Gasteiger partial charge in [0.2, 0.25) is 0 Å². The van der Waals surface area contributed by atoms with Crippen LogP contribution < -0.4 is 3.72 Å². The first-order valence-electron chi connectivity index (χ1n) is 3.85. The van der Waals surface area contributed by atoms with Gasteiger partial charge >= 0.3 is 63.7 Å². The van der Waals surface area contributed by atoms with Gasteiger partial charge in [-0.05, 0) is 0 Å². The van der Waals surface area contributed by atoms with E-state index in [2.05, 4.69) is 16.3 Å². The van der Waals surface area contributed by atoms with Crippen LogP contribution in [-0.4, -0.2) is 0 Å². The van der Waals surface area contributed by atoms with Gasteiger partial charge in [-0.3, -0.25) is 0 Å². The van der Waals surface area contributed by atoms with Crippen LogP contribution in [0.4, 0.5) is 0 Å². The normalized spacial score (nSPS) is 12.0. The third-order valence-electron chi connectivity index (χ3n) is 1.42. The third-order valence-corrected chi connectivity index (χ3v) is 7.32. The third kappa shape index (κ3) is 8.83. The molecule has 9 heavy (non-hydrogen) atoms. The Hall–Kier alpha value is 0.830. The Morgan fingerprint density at radius 2 is 1.78 bits per heavy atom. The van der Waals surface area contributed by atoms with E-state index in [0.717, 1.165) is 0 Å². The molecule has 0 aromatic carbocycles. The first kappa shape index (κ1) is 9.83. The molecule has 0 aromatic heterocycles. The number of rotatable bonds is 4. The summed E-state index contributed by atoms with van der Waals surface area (Å²) in [6.07, 6.45) is 4.08. The molecule has 0 saturated heterocycles. The van der Waals surface area contributed by atoms with E-state index in [-0.39, 0.29) is 0 Å². The first-order valence-corrected chi connectivity index (χ1v) is 15.6. The summed E-state index contributed by atoms with van der Waals surface area (Å²) in [5.41, 5.74) is 0. The van der Waals surface area contributed by atoms with Crippen LogP contribution in [0.2, 0.25) is 13.5 Å². The molecule has 56 valence electrons. The van der Waals surface area contributed by atoms with Crippen LogP contribution in [-0.2, 0) is 20.3 Å². The Bertz CT molecular complexity index is 65.8. The van der Waals surface area contributed by atoms with E-state index in [0.29, 0.717) is 0 Å². The summed E-state index contributed by atoms with van der Waals surface area (Å²) in [4.78, 5) is 0. The molecule has 0 aromatic rings. The Morgan fingerprint density at radius 1 is 1.22 bits per heavy atom. The number of nitrogens with two attached hydrogens (primary N) is 1. The molecule has 0 atom stereocenters. The molecule has 0 saturated carbocycles. The van der Waals surface area contributed by atoms with Gasteiger partial charge in [-0.25, -0.2) is 0 Å². The van der Waals surface area contributed by atoms with Crippen molar-refractivity contribution in [2.45, 2.75) is 39.7 Å². The Morgan fingerprint density at radius 3 is 2.11 bits per heavy atom. The second-order valence-corrected chi connectivity index (χ2v) is 19.5. The van der Waals surface area contributed by atoms with Gasteiger partial charge in [-0.1, -0.05) is 0 Å². The summed E-state index contributed by atoms with van der Waals surface area (Å²) < 4.78 is 12.0. The topological polar surface area (TPSA) is 26.0 Å². The molecule has 0 unspecified atom stereocenters. The van der Waals surface area contributed by atoms with Crippen molar-refractivity contribution in [2.75, 3.05) is 0 Å². The summed E-state index contributed by atoms with van der Waals surface area (Å²) >= 11 is -1.94. The van der Waals surface area contributed by atoms with Crippen molar-refractivity contribution in [1.82, 2.24) is 0 Å². The molecule has 0 rings (SSSR count). The van der Waals surface area contributed by atoms with Gasteiger partial charge in [0.15, 0.2) is 0 Å². The predicted octanol–water partition coefficient (Wildman–Crippen LogP) is 2.72. The van der Waals surface area contributed by atoms with Gasteiger partial charge in [0.25, 0.3) is 0 Å². The average Bonchev–Trinajstić information content (AvgIpc) is 1.63. The van der Waals surface area contributed by atoms with Crippen LogP contribution >= 0.6 is 0 Å². The molecule has 0 spiro atoms. The maximum atomic E-state index is 6.00. The molecule has 0 amide bonds. The molecule has 0 bridgehead atoms. The van der Waals surface area contributed by atoms with E-state index < -0.39 is 20.3 Å². The quantitative estimate of drug-likeness (QED) is 0.626. The summed E-state index contributed by atoms with van der Waals surface area (Å²) in [5.74, 6) is 0. The summed E-state index contributed by atoms with van der Waals surface area (Å²) in [5, 5.41) is 0. The van der Waals surface area contributed by atoms with Crippen LogP contribution in [0.15, 0.2) is 0 Å². The zero-order valence-electron chi connectivity index (χ0n) is 6.91. The second-order valence-electron chi connectivity index (χ2n) is 3.45. The van der Waals surface area contributed by atoms with Gasteiger partial charge in [-0.15, -0.1) is 0 Å². The van der Waals surface area contributed by atoms with Gasteiger partial charge in [0.05, 0.1) is 0 Å². The zero-order valence-corrected chi connectivity index (χ0v) is 10.5. The van der Waals surface area contributed by atoms with E-state index >= 15 is 0 Å². The van der Waals surface area contributed by atoms with E-state index in [9.17, 15) is 0 Å². The second kappa shape index (κ2) is 4.62. The minimum absolute atomic E-state index is 1.32. The van der Waals surface area contributed by atoms with Gasteiger partial charge in [0.1, 0.15) is 0 Å². The van der Waals surface area contributed by atoms with E-state index in [4.69, 9.17) is 3.72 Å². The van der Waals surface area contributed by atoms with E-state index in [1.165, 1.54) is 23.4 Å². The van der Waals surface area contributed by atoms with Crippen molar-refractivity contribution in [2.24, 2.45) is 3.72 Å². The number of unbranched alkanes of at least 4 members (excludes halogenated alkanes) is 2. The zero-order chi connectivity index (χ0) is 7.33. The van der Waals surface area contributed by atoms with Crippen molar-refractivity contribution in [3.05, 3.63) is 0 Å². The van der Waals surface area contributed by atoms with Crippen LogP contribution in [0.25, 0.3) is 0 Å². The standard InChI is InChI=1S/C5H11.2CH3.Hf.H2N/c1-3-5-4-2;;;;/h1,3-5H2,2H3;2*1H3;;1H2/q;;;+1;-1.